The maximum Gasteiger partial charge on any atom is 0.138 e. The summed E-state index contributed by atoms with van der Waals surface area (Å²) in [6.07, 6.45) is 0. The highest BCUT2D eigenvalue weighted by Gasteiger charge is 2.14. The quantitative estimate of drug-likeness (QED) is 0.881. The molecule has 0 spiro atoms. The molecule has 0 aliphatic carbocycles. The van der Waals surface area contributed by atoms with Crippen LogP contribution in [0.15, 0.2) is 12.1 Å². The van der Waals surface area contributed by atoms with E-state index in [1.54, 1.807) is 7.11 Å². The summed E-state index contributed by atoms with van der Waals surface area (Å²) in [7, 11) is 1.62. The smallest absolute Gasteiger partial charge is 0.138 e. The van der Waals surface area contributed by atoms with Crippen LogP contribution in [-0.2, 0) is 0 Å². The molecule has 2 aromatic rings. The zero-order valence-electron chi connectivity index (χ0n) is 10.3. The van der Waals surface area contributed by atoms with Gasteiger partial charge in [0.2, 0.25) is 0 Å². The van der Waals surface area contributed by atoms with E-state index in [1.807, 2.05) is 12.1 Å². The van der Waals surface area contributed by atoms with Gasteiger partial charge in [-0.1, -0.05) is 18.5 Å². The van der Waals surface area contributed by atoms with Gasteiger partial charge in [0.05, 0.1) is 12.1 Å². The van der Waals surface area contributed by atoms with Gasteiger partial charge in [-0.15, -0.1) is 0 Å². The number of nitrogens with one attached hydrogen (secondary N) is 1. The molecular weight excluding hydrogens is 236 g/mol. The summed E-state index contributed by atoms with van der Waals surface area (Å²) in [5.41, 5.74) is 9.13. The van der Waals surface area contributed by atoms with E-state index in [0.29, 0.717) is 23.2 Å². The fraction of sp³-hybridized carbons (Fsp3) is 0.385. The van der Waals surface area contributed by atoms with E-state index in [-0.39, 0.29) is 0 Å². The Morgan fingerprint density at radius 1 is 1.47 bits per heavy atom. The van der Waals surface area contributed by atoms with Gasteiger partial charge in [-0.25, -0.2) is 0 Å². The highest BCUT2D eigenvalue weighted by atomic mass is 35.5. The fourth-order valence-corrected chi connectivity index (χ4v) is 2.36. The van der Waals surface area contributed by atoms with Crippen LogP contribution in [0.25, 0.3) is 10.9 Å². The van der Waals surface area contributed by atoms with Gasteiger partial charge in [-0.05, 0) is 24.6 Å². The molecule has 1 aromatic heterocycles. The molecule has 3 N–H and O–H groups in total. The van der Waals surface area contributed by atoms with Crippen molar-refractivity contribution in [2.75, 3.05) is 13.7 Å². The van der Waals surface area contributed by atoms with Crippen molar-refractivity contribution in [3.8, 4) is 5.75 Å². The largest absolute Gasteiger partial charge is 0.495 e. The van der Waals surface area contributed by atoms with E-state index in [1.165, 1.54) is 11.3 Å². The van der Waals surface area contributed by atoms with E-state index >= 15 is 0 Å². The van der Waals surface area contributed by atoms with E-state index < -0.39 is 0 Å². The number of H-pyrrole nitrogens is 1. The number of aryl methyl sites for hydroxylation is 1. The lowest BCUT2D eigenvalue weighted by Crippen LogP contribution is -2.10. The molecule has 0 aliphatic rings. The summed E-state index contributed by atoms with van der Waals surface area (Å²) < 4.78 is 5.23. The number of aromatic nitrogens is 1. The van der Waals surface area contributed by atoms with Crippen molar-refractivity contribution in [1.82, 2.24) is 4.98 Å². The number of hydrogen-bond acceptors (Lipinski definition) is 2. The van der Waals surface area contributed by atoms with Crippen molar-refractivity contribution in [3.05, 3.63) is 28.4 Å². The molecular formula is C13H17ClN2O. The van der Waals surface area contributed by atoms with Crippen LogP contribution in [0.4, 0.5) is 0 Å². The lowest BCUT2D eigenvalue weighted by atomic mass is 10.0. The summed E-state index contributed by atoms with van der Waals surface area (Å²) in [4.78, 5) is 3.39. The number of aromatic amines is 1. The van der Waals surface area contributed by atoms with Gasteiger partial charge in [0.15, 0.2) is 0 Å². The molecule has 1 atom stereocenters. The molecule has 4 heteroatoms. The van der Waals surface area contributed by atoms with Gasteiger partial charge < -0.3 is 15.5 Å². The van der Waals surface area contributed by atoms with Crippen LogP contribution in [0.2, 0.25) is 5.02 Å². The molecule has 17 heavy (non-hydrogen) atoms. The number of hydrogen-bond donors (Lipinski definition) is 2. The Labute approximate surface area is 106 Å². The first-order valence-corrected chi connectivity index (χ1v) is 6.02. The summed E-state index contributed by atoms with van der Waals surface area (Å²) in [5, 5.41) is 1.76. The van der Waals surface area contributed by atoms with Crippen molar-refractivity contribution in [1.29, 1.82) is 0 Å². The Balaban J connectivity index is 2.65. The molecule has 0 saturated carbocycles. The molecule has 1 unspecified atom stereocenters. The minimum atomic E-state index is 0.312. The summed E-state index contributed by atoms with van der Waals surface area (Å²) in [6, 6.07) is 3.87. The molecule has 0 radical (unpaired) electrons. The summed E-state index contributed by atoms with van der Waals surface area (Å²) in [6.45, 7) is 4.82. The number of fused-ring (bicyclic) bond motifs is 1. The number of benzene rings is 1. The van der Waals surface area contributed by atoms with E-state index in [4.69, 9.17) is 22.1 Å². The zero-order valence-corrected chi connectivity index (χ0v) is 11.1. The SMILES string of the molecule is COc1cc2c(C)c(C(C)CN)[nH]c2cc1Cl. The van der Waals surface area contributed by atoms with E-state index in [0.717, 1.165) is 10.9 Å². The Bertz CT molecular complexity index is 548. The molecule has 3 nitrogen and oxygen atoms in total. The van der Waals surface area contributed by atoms with Crippen molar-refractivity contribution in [3.63, 3.8) is 0 Å². The maximum atomic E-state index is 6.11. The van der Waals surface area contributed by atoms with Gasteiger partial charge >= 0.3 is 0 Å². The third-order valence-electron chi connectivity index (χ3n) is 3.22. The fourth-order valence-electron chi connectivity index (χ4n) is 2.12. The minimum Gasteiger partial charge on any atom is -0.495 e. The molecule has 2 rings (SSSR count). The lowest BCUT2D eigenvalue weighted by molar-refractivity contribution is 0.415. The Kier molecular flexibility index (Phi) is 3.31. The average molecular weight is 253 g/mol. The second-order valence-electron chi connectivity index (χ2n) is 4.33. The summed E-state index contributed by atoms with van der Waals surface area (Å²) >= 11 is 6.11. The lowest BCUT2D eigenvalue weighted by Gasteiger charge is -2.07. The Morgan fingerprint density at radius 2 is 2.18 bits per heavy atom. The predicted molar refractivity (Wildman–Crippen MR) is 72.1 cm³/mol. The molecule has 1 heterocycles. The van der Waals surface area contributed by atoms with Crippen molar-refractivity contribution in [2.24, 2.45) is 5.73 Å². The zero-order chi connectivity index (χ0) is 12.6. The van der Waals surface area contributed by atoms with Crippen LogP contribution >= 0.6 is 11.6 Å². The van der Waals surface area contributed by atoms with Gasteiger partial charge in [-0.3, -0.25) is 0 Å². The van der Waals surface area contributed by atoms with Crippen LogP contribution < -0.4 is 10.5 Å². The number of nitrogens with two attached hydrogens (primary N) is 1. The maximum absolute atomic E-state index is 6.11. The van der Waals surface area contributed by atoms with Crippen LogP contribution in [-0.4, -0.2) is 18.6 Å². The Morgan fingerprint density at radius 3 is 2.76 bits per heavy atom. The minimum absolute atomic E-state index is 0.312. The van der Waals surface area contributed by atoms with Crippen LogP contribution in [0.3, 0.4) is 0 Å². The molecule has 0 fully saturated rings. The monoisotopic (exact) mass is 252 g/mol. The van der Waals surface area contributed by atoms with E-state index in [9.17, 15) is 0 Å². The van der Waals surface area contributed by atoms with Crippen LogP contribution in [0.1, 0.15) is 24.1 Å². The summed E-state index contributed by atoms with van der Waals surface area (Å²) in [5.74, 6) is 1.01. The van der Waals surface area contributed by atoms with Gasteiger partial charge in [0.25, 0.3) is 0 Å². The highest BCUT2D eigenvalue weighted by Crippen LogP contribution is 2.34. The second-order valence-corrected chi connectivity index (χ2v) is 4.74. The highest BCUT2D eigenvalue weighted by molar-refractivity contribution is 6.32. The first-order chi connectivity index (χ1) is 8.08. The van der Waals surface area contributed by atoms with Crippen molar-refractivity contribution < 1.29 is 4.74 Å². The molecule has 0 aliphatic heterocycles. The topological polar surface area (TPSA) is 51.0 Å². The van der Waals surface area contributed by atoms with Crippen molar-refractivity contribution >= 4 is 22.5 Å². The molecule has 92 valence electrons. The molecule has 0 saturated heterocycles. The van der Waals surface area contributed by atoms with Gasteiger partial charge in [-0.2, -0.15) is 0 Å². The van der Waals surface area contributed by atoms with Gasteiger partial charge in [0.1, 0.15) is 5.75 Å². The van der Waals surface area contributed by atoms with Crippen molar-refractivity contribution in [2.45, 2.75) is 19.8 Å². The molecule has 0 bridgehead atoms. The Hall–Kier alpha value is -1.19. The number of methoxy groups -OCH3 is 1. The third-order valence-corrected chi connectivity index (χ3v) is 3.51. The standard InChI is InChI=1S/C13H17ClN2O/c1-7(6-15)13-8(2)9-4-12(17-3)10(14)5-11(9)16-13/h4-5,7,16H,6,15H2,1-3H3. The first-order valence-electron chi connectivity index (χ1n) is 5.64. The van der Waals surface area contributed by atoms with Crippen LogP contribution in [0.5, 0.6) is 5.75 Å². The third kappa shape index (κ3) is 2.01. The van der Waals surface area contributed by atoms with Crippen LogP contribution in [0, 0.1) is 6.92 Å². The van der Waals surface area contributed by atoms with E-state index in [2.05, 4.69) is 18.8 Å². The normalized spacial score (nSPS) is 13.0. The molecule has 0 amide bonds. The number of halogens is 1. The van der Waals surface area contributed by atoms with Gasteiger partial charge in [0, 0.05) is 29.1 Å². The number of rotatable bonds is 3. The number of ether oxygens (including phenoxy) is 1. The predicted octanol–water partition coefficient (Wildman–Crippen LogP) is 3.20. The average Bonchev–Trinajstić information content (AvgIpc) is 2.64. The second kappa shape index (κ2) is 4.59. The first kappa shape index (κ1) is 12.3. The molecule has 1 aromatic carbocycles.